The van der Waals surface area contributed by atoms with Crippen LogP contribution in [0.5, 0.6) is 0 Å². The largest absolute Gasteiger partial charge is 0.355 e. The van der Waals surface area contributed by atoms with Gasteiger partial charge in [-0.1, -0.05) is 0 Å². The average Bonchev–Trinajstić information content (AvgIpc) is 2.43. The van der Waals surface area contributed by atoms with E-state index in [1.807, 2.05) is 6.92 Å². The number of hydrogen-bond acceptors (Lipinski definition) is 4. The van der Waals surface area contributed by atoms with Gasteiger partial charge in [-0.25, -0.2) is 4.98 Å². The maximum atomic E-state index is 11.5. The molecular weight excluding hydrogens is 222 g/mol. The number of aryl methyl sites for hydroxylation is 2. The second-order valence-corrected chi connectivity index (χ2v) is 5.43. The Kier molecular flexibility index (Phi) is 3.56. The third kappa shape index (κ3) is 2.59. The summed E-state index contributed by atoms with van der Waals surface area (Å²) >= 11 is 1.72. The lowest BCUT2D eigenvalue weighted by atomic mass is 10.0. The summed E-state index contributed by atoms with van der Waals surface area (Å²) in [4.78, 5) is 17.2. The molecule has 0 atom stereocenters. The van der Waals surface area contributed by atoms with Crippen molar-refractivity contribution in [2.75, 3.05) is 19.6 Å². The molecule has 1 aliphatic heterocycles. The van der Waals surface area contributed by atoms with E-state index in [0.717, 1.165) is 30.2 Å². The predicted octanol–water partition coefficient (Wildman–Crippen LogP) is 0.638. The molecule has 2 N–H and O–H groups in total. The standard InChI is InChI=1S/C11H17N3OS/c1-7-8(2)16-10(14-7)3-4-13-11(15)9-5-12-6-9/h9,12H,3-6H2,1-2H3,(H,13,15). The maximum Gasteiger partial charge on any atom is 0.225 e. The number of hydrogen-bond donors (Lipinski definition) is 2. The lowest BCUT2D eigenvalue weighted by molar-refractivity contribution is -0.126. The van der Waals surface area contributed by atoms with Gasteiger partial charge in [-0.3, -0.25) is 4.79 Å². The number of carbonyl (C=O) groups excluding carboxylic acids is 1. The molecule has 5 heteroatoms. The van der Waals surface area contributed by atoms with Gasteiger partial charge in [0.25, 0.3) is 0 Å². The van der Waals surface area contributed by atoms with E-state index in [1.165, 1.54) is 4.88 Å². The number of nitrogens with one attached hydrogen (secondary N) is 2. The molecule has 2 heterocycles. The minimum absolute atomic E-state index is 0.170. The van der Waals surface area contributed by atoms with E-state index < -0.39 is 0 Å². The zero-order valence-corrected chi connectivity index (χ0v) is 10.5. The summed E-state index contributed by atoms with van der Waals surface area (Å²) in [5.74, 6) is 0.350. The van der Waals surface area contributed by atoms with Gasteiger partial charge < -0.3 is 10.6 Å². The molecule has 1 fully saturated rings. The molecule has 1 aromatic heterocycles. The molecule has 88 valence electrons. The van der Waals surface area contributed by atoms with E-state index >= 15 is 0 Å². The fourth-order valence-corrected chi connectivity index (χ4v) is 2.49. The predicted molar refractivity (Wildman–Crippen MR) is 64.7 cm³/mol. The lowest BCUT2D eigenvalue weighted by Gasteiger charge is -2.25. The Balaban J connectivity index is 1.73. The average molecular weight is 239 g/mol. The smallest absolute Gasteiger partial charge is 0.225 e. The first-order chi connectivity index (χ1) is 7.66. The van der Waals surface area contributed by atoms with Gasteiger partial charge >= 0.3 is 0 Å². The second kappa shape index (κ2) is 4.93. The van der Waals surface area contributed by atoms with Crippen LogP contribution >= 0.6 is 11.3 Å². The zero-order valence-electron chi connectivity index (χ0n) is 9.67. The van der Waals surface area contributed by atoms with Crippen molar-refractivity contribution in [2.24, 2.45) is 5.92 Å². The molecule has 0 aliphatic carbocycles. The highest BCUT2D eigenvalue weighted by Gasteiger charge is 2.24. The molecule has 0 bridgehead atoms. The molecule has 1 aliphatic rings. The van der Waals surface area contributed by atoms with Crippen LogP contribution in [0.1, 0.15) is 15.6 Å². The van der Waals surface area contributed by atoms with Crippen LogP contribution in [0, 0.1) is 19.8 Å². The molecule has 16 heavy (non-hydrogen) atoms. The molecule has 0 radical (unpaired) electrons. The molecule has 4 nitrogen and oxygen atoms in total. The molecule has 0 unspecified atom stereocenters. The Bertz CT molecular complexity index is 365. The van der Waals surface area contributed by atoms with Crippen molar-refractivity contribution in [2.45, 2.75) is 20.3 Å². The molecular formula is C11H17N3OS. The van der Waals surface area contributed by atoms with Gasteiger partial charge in [-0.2, -0.15) is 0 Å². The third-order valence-electron chi connectivity index (χ3n) is 2.86. The van der Waals surface area contributed by atoms with Gasteiger partial charge in [0.05, 0.1) is 16.6 Å². The number of rotatable bonds is 4. The van der Waals surface area contributed by atoms with Crippen LogP contribution in [0.15, 0.2) is 0 Å². The van der Waals surface area contributed by atoms with Crippen molar-refractivity contribution in [1.29, 1.82) is 0 Å². The van der Waals surface area contributed by atoms with E-state index in [2.05, 4.69) is 22.5 Å². The third-order valence-corrected chi connectivity index (χ3v) is 4.00. The summed E-state index contributed by atoms with van der Waals surface area (Å²) in [5.41, 5.74) is 1.11. The van der Waals surface area contributed by atoms with Gasteiger partial charge in [0.2, 0.25) is 5.91 Å². The molecule has 2 rings (SSSR count). The monoisotopic (exact) mass is 239 g/mol. The van der Waals surface area contributed by atoms with E-state index in [1.54, 1.807) is 11.3 Å². The Morgan fingerprint density at radius 1 is 1.56 bits per heavy atom. The SMILES string of the molecule is Cc1nc(CCNC(=O)C2CNC2)sc1C. The quantitative estimate of drug-likeness (QED) is 0.810. The van der Waals surface area contributed by atoms with Crippen LogP contribution in [0.4, 0.5) is 0 Å². The summed E-state index contributed by atoms with van der Waals surface area (Å²) in [7, 11) is 0. The summed E-state index contributed by atoms with van der Waals surface area (Å²) in [6.07, 6.45) is 0.839. The van der Waals surface area contributed by atoms with Gasteiger partial charge in [-0.05, 0) is 13.8 Å². The molecule has 1 amide bonds. The minimum Gasteiger partial charge on any atom is -0.355 e. The summed E-state index contributed by atoms with van der Waals surface area (Å²) < 4.78 is 0. The number of nitrogens with zero attached hydrogens (tertiary/aromatic N) is 1. The van der Waals surface area contributed by atoms with Gasteiger partial charge in [0.15, 0.2) is 0 Å². The van der Waals surface area contributed by atoms with E-state index in [9.17, 15) is 4.79 Å². The van der Waals surface area contributed by atoms with Crippen molar-refractivity contribution in [3.63, 3.8) is 0 Å². The summed E-state index contributed by atoms with van der Waals surface area (Å²) in [6.45, 7) is 6.44. The normalized spacial score (nSPS) is 15.9. The molecule has 0 aromatic carbocycles. The fourth-order valence-electron chi connectivity index (χ4n) is 1.56. The second-order valence-electron chi connectivity index (χ2n) is 4.15. The van der Waals surface area contributed by atoms with Crippen molar-refractivity contribution < 1.29 is 4.79 Å². The lowest BCUT2D eigenvalue weighted by Crippen LogP contribution is -2.51. The highest BCUT2D eigenvalue weighted by Crippen LogP contribution is 2.16. The van der Waals surface area contributed by atoms with Crippen LogP contribution < -0.4 is 10.6 Å². The highest BCUT2D eigenvalue weighted by molar-refractivity contribution is 7.11. The van der Waals surface area contributed by atoms with E-state index in [-0.39, 0.29) is 11.8 Å². The number of carbonyl (C=O) groups is 1. The van der Waals surface area contributed by atoms with Gasteiger partial charge in [0, 0.05) is 30.9 Å². The van der Waals surface area contributed by atoms with Crippen LogP contribution in [-0.2, 0) is 11.2 Å². The minimum atomic E-state index is 0.170. The van der Waals surface area contributed by atoms with Gasteiger partial charge in [0.1, 0.15) is 0 Å². The first kappa shape index (κ1) is 11.5. The van der Waals surface area contributed by atoms with Crippen molar-refractivity contribution in [3.05, 3.63) is 15.6 Å². The van der Waals surface area contributed by atoms with Crippen LogP contribution in [-0.4, -0.2) is 30.5 Å². The fraction of sp³-hybridized carbons (Fsp3) is 0.636. The molecule has 0 saturated carbocycles. The number of thiazole rings is 1. The van der Waals surface area contributed by atoms with E-state index in [4.69, 9.17) is 0 Å². The topological polar surface area (TPSA) is 54.0 Å². The van der Waals surface area contributed by atoms with Crippen LogP contribution in [0.25, 0.3) is 0 Å². The molecule has 0 spiro atoms. The van der Waals surface area contributed by atoms with Crippen LogP contribution in [0.3, 0.4) is 0 Å². The first-order valence-electron chi connectivity index (χ1n) is 5.58. The Morgan fingerprint density at radius 2 is 2.31 bits per heavy atom. The summed E-state index contributed by atoms with van der Waals surface area (Å²) in [6, 6.07) is 0. The Hall–Kier alpha value is -0.940. The zero-order chi connectivity index (χ0) is 11.5. The Labute approximate surface area is 99.5 Å². The molecule has 1 saturated heterocycles. The number of amides is 1. The maximum absolute atomic E-state index is 11.5. The van der Waals surface area contributed by atoms with Crippen molar-refractivity contribution >= 4 is 17.2 Å². The van der Waals surface area contributed by atoms with Gasteiger partial charge in [-0.15, -0.1) is 11.3 Å². The molecule has 1 aromatic rings. The van der Waals surface area contributed by atoms with Crippen molar-refractivity contribution in [1.82, 2.24) is 15.6 Å². The van der Waals surface area contributed by atoms with Crippen LogP contribution in [0.2, 0.25) is 0 Å². The summed E-state index contributed by atoms with van der Waals surface area (Å²) in [5, 5.41) is 7.15. The Morgan fingerprint density at radius 3 is 2.81 bits per heavy atom. The van der Waals surface area contributed by atoms with E-state index in [0.29, 0.717) is 6.54 Å². The highest BCUT2D eigenvalue weighted by atomic mass is 32.1. The first-order valence-corrected chi connectivity index (χ1v) is 6.40. The van der Waals surface area contributed by atoms with Crippen molar-refractivity contribution in [3.8, 4) is 0 Å². The number of aromatic nitrogens is 1.